The van der Waals surface area contributed by atoms with Crippen molar-refractivity contribution < 1.29 is 19.4 Å². The number of carbonyl (C=O) groups excluding carboxylic acids is 2. The number of methoxy groups -OCH3 is 1. The molecule has 3 rings (SSSR count). The molecular weight excluding hydrogens is 536 g/mol. The molecule has 0 aromatic heterocycles. The average Bonchev–Trinajstić information content (AvgIpc) is 2.87. The predicted octanol–water partition coefficient (Wildman–Crippen LogP) is 3.88. The van der Waals surface area contributed by atoms with Gasteiger partial charge in [-0.25, -0.2) is 4.79 Å². The lowest BCUT2D eigenvalue weighted by atomic mass is 10.0. The molecule has 0 fully saturated rings. The molecule has 7 heteroatoms. The van der Waals surface area contributed by atoms with E-state index in [1.54, 1.807) is 36.4 Å². The van der Waals surface area contributed by atoms with Crippen LogP contribution in [0.5, 0.6) is 5.75 Å². The van der Waals surface area contributed by atoms with Gasteiger partial charge in [0.25, 0.3) is 5.91 Å². The van der Waals surface area contributed by atoms with Crippen molar-refractivity contribution in [2.75, 3.05) is 12.4 Å². The van der Waals surface area contributed by atoms with Crippen LogP contribution in [-0.2, 0) is 9.53 Å². The first-order valence-corrected chi connectivity index (χ1v) is 9.01. The number of anilines is 1. The summed E-state index contributed by atoms with van der Waals surface area (Å²) in [7, 11) is 1.30. The maximum atomic E-state index is 12.4. The minimum Gasteiger partial charge on any atom is -0.506 e. The van der Waals surface area contributed by atoms with E-state index in [9.17, 15) is 14.7 Å². The van der Waals surface area contributed by atoms with Crippen LogP contribution in [0.15, 0.2) is 30.3 Å². The van der Waals surface area contributed by atoms with E-state index < -0.39 is 5.97 Å². The van der Waals surface area contributed by atoms with E-state index in [1.165, 1.54) is 7.11 Å². The zero-order valence-corrected chi connectivity index (χ0v) is 16.7. The molecule has 0 unspecified atom stereocenters. The first-order valence-electron chi connectivity index (χ1n) is 6.85. The van der Waals surface area contributed by atoms with Gasteiger partial charge in [0.15, 0.2) is 0 Å². The van der Waals surface area contributed by atoms with E-state index in [2.05, 4.69) is 5.32 Å². The highest BCUT2D eigenvalue weighted by Gasteiger charge is 2.28. The van der Waals surface area contributed by atoms with E-state index in [0.717, 1.165) is 5.56 Å². The topological polar surface area (TPSA) is 75.6 Å². The number of phenols is 1. The first-order chi connectivity index (χ1) is 11.4. The smallest absolute Gasteiger partial charge is 0.339 e. The number of carbonyl (C=O) groups is 2. The fourth-order valence-electron chi connectivity index (χ4n) is 2.47. The molecule has 1 aliphatic heterocycles. The molecule has 24 heavy (non-hydrogen) atoms. The van der Waals surface area contributed by atoms with E-state index >= 15 is 0 Å². The minimum absolute atomic E-state index is 0.225. The van der Waals surface area contributed by atoms with Gasteiger partial charge in [0, 0.05) is 11.1 Å². The fraction of sp³-hybridized carbons (Fsp3) is 0.0588. The fourth-order valence-corrected chi connectivity index (χ4v) is 4.29. The molecule has 2 aromatic carbocycles. The maximum absolute atomic E-state index is 12.4. The van der Waals surface area contributed by atoms with Gasteiger partial charge in [0.2, 0.25) is 0 Å². The van der Waals surface area contributed by atoms with Crippen molar-refractivity contribution in [1.29, 1.82) is 0 Å². The molecule has 122 valence electrons. The van der Waals surface area contributed by atoms with Crippen LogP contribution in [0.2, 0.25) is 0 Å². The van der Waals surface area contributed by atoms with Crippen molar-refractivity contribution in [2.24, 2.45) is 0 Å². The van der Waals surface area contributed by atoms with Crippen LogP contribution in [0.3, 0.4) is 0 Å². The van der Waals surface area contributed by atoms with Crippen LogP contribution in [0.25, 0.3) is 11.6 Å². The van der Waals surface area contributed by atoms with Crippen LogP contribution < -0.4 is 5.32 Å². The molecule has 0 radical (unpaired) electrons. The van der Waals surface area contributed by atoms with Crippen molar-refractivity contribution in [3.63, 3.8) is 0 Å². The summed E-state index contributed by atoms with van der Waals surface area (Å²) in [6.07, 6.45) is 1.74. The zero-order valence-electron chi connectivity index (χ0n) is 12.4. The third-order valence-corrected chi connectivity index (χ3v) is 5.24. The van der Waals surface area contributed by atoms with Crippen molar-refractivity contribution in [3.05, 3.63) is 54.2 Å². The van der Waals surface area contributed by atoms with Gasteiger partial charge in [-0.05, 0) is 75.0 Å². The Morgan fingerprint density at radius 2 is 1.92 bits per heavy atom. The Kier molecular flexibility index (Phi) is 4.81. The summed E-state index contributed by atoms with van der Waals surface area (Å²) in [4.78, 5) is 24.2. The highest BCUT2D eigenvalue weighted by molar-refractivity contribution is 14.1. The molecule has 1 amide bonds. The quantitative estimate of drug-likeness (QED) is 0.340. The van der Waals surface area contributed by atoms with E-state index in [-0.39, 0.29) is 11.7 Å². The van der Waals surface area contributed by atoms with Crippen LogP contribution in [0.4, 0.5) is 5.69 Å². The molecule has 1 aliphatic rings. The number of benzene rings is 2. The van der Waals surface area contributed by atoms with Gasteiger partial charge in [-0.1, -0.05) is 12.1 Å². The highest BCUT2D eigenvalue weighted by Crippen LogP contribution is 2.37. The molecule has 1 heterocycles. The van der Waals surface area contributed by atoms with Crippen LogP contribution in [0.1, 0.15) is 21.5 Å². The van der Waals surface area contributed by atoms with Gasteiger partial charge in [0.05, 0.1) is 25.5 Å². The van der Waals surface area contributed by atoms with E-state index in [1.807, 2.05) is 45.2 Å². The van der Waals surface area contributed by atoms with Crippen molar-refractivity contribution in [1.82, 2.24) is 0 Å². The summed E-state index contributed by atoms with van der Waals surface area (Å²) in [5.74, 6) is -0.552. The zero-order chi connectivity index (χ0) is 17.4. The number of ether oxygens (including phenoxy) is 1. The Balaban J connectivity index is 2.13. The molecule has 0 saturated carbocycles. The van der Waals surface area contributed by atoms with Crippen LogP contribution in [0, 0.1) is 7.14 Å². The van der Waals surface area contributed by atoms with Gasteiger partial charge in [-0.15, -0.1) is 0 Å². The molecule has 2 N–H and O–H groups in total. The molecule has 0 aliphatic carbocycles. The lowest BCUT2D eigenvalue weighted by Gasteiger charge is -2.05. The summed E-state index contributed by atoms with van der Waals surface area (Å²) in [6.45, 7) is 0. The molecular formula is C17H11I2NO4. The Morgan fingerprint density at radius 3 is 2.54 bits per heavy atom. The third kappa shape index (κ3) is 3.02. The number of rotatable bonds is 2. The lowest BCUT2D eigenvalue weighted by Crippen LogP contribution is -2.08. The van der Waals surface area contributed by atoms with Gasteiger partial charge in [-0.3, -0.25) is 4.79 Å². The average molecular weight is 547 g/mol. The van der Waals surface area contributed by atoms with E-state index in [4.69, 9.17) is 4.74 Å². The number of fused-ring (bicyclic) bond motifs is 1. The summed E-state index contributed by atoms with van der Waals surface area (Å²) < 4.78 is 6.16. The lowest BCUT2D eigenvalue weighted by molar-refractivity contribution is -0.110. The van der Waals surface area contributed by atoms with Crippen LogP contribution in [-0.4, -0.2) is 24.1 Å². The predicted molar refractivity (Wildman–Crippen MR) is 108 cm³/mol. The van der Waals surface area contributed by atoms with Gasteiger partial charge < -0.3 is 15.2 Å². The minimum atomic E-state index is -0.498. The van der Waals surface area contributed by atoms with Gasteiger partial charge in [-0.2, -0.15) is 0 Å². The normalized spacial score (nSPS) is 14.5. The monoisotopic (exact) mass is 547 g/mol. The SMILES string of the molecule is COC(=O)c1cccc2c1NC(=O)C2=Cc1cc(I)c(O)c(I)c1. The highest BCUT2D eigenvalue weighted by atomic mass is 127. The van der Waals surface area contributed by atoms with E-state index in [0.29, 0.717) is 29.5 Å². The Bertz CT molecular complexity index is 882. The maximum Gasteiger partial charge on any atom is 0.339 e. The molecule has 5 nitrogen and oxygen atoms in total. The number of amides is 1. The number of halogens is 2. The summed E-state index contributed by atoms with van der Waals surface area (Å²) in [5.41, 5.74) is 2.70. The summed E-state index contributed by atoms with van der Waals surface area (Å²) in [5, 5.41) is 12.6. The Hall–Kier alpha value is -1.62. The van der Waals surface area contributed by atoms with Gasteiger partial charge >= 0.3 is 5.97 Å². The third-order valence-electron chi connectivity index (χ3n) is 3.59. The Labute approximate surface area is 165 Å². The second-order valence-electron chi connectivity index (χ2n) is 5.07. The number of hydrogen-bond acceptors (Lipinski definition) is 4. The molecule has 2 aromatic rings. The van der Waals surface area contributed by atoms with Crippen LogP contribution >= 0.6 is 45.2 Å². The standard InChI is InChI=1S/C17H11I2NO4/c1-24-17(23)10-4-2-3-9-11(16(22)20-14(9)10)5-8-6-12(18)15(21)13(19)7-8/h2-7,21H,1H3,(H,20,22). The van der Waals surface area contributed by atoms with Crippen molar-refractivity contribution >= 4 is 74.4 Å². The summed E-state index contributed by atoms with van der Waals surface area (Å²) >= 11 is 4.08. The Morgan fingerprint density at radius 1 is 1.25 bits per heavy atom. The number of para-hydroxylation sites is 1. The number of hydrogen-bond donors (Lipinski definition) is 2. The van der Waals surface area contributed by atoms with Gasteiger partial charge in [0.1, 0.15) is 5.75 Å². The van der Waals surface area contributed by atoms with Crippen molar-refractivity contribution in [3.8, 4) is 5.75 Å². The number of esters is 1. The second kappa shape index (κ2) is 6.71. The summed E-state index contributed by atoms with van der Waals surface area (Å²) in [6, 6.07) is 8.69. The first kappa shape index (κ1) is 17.2. The number of nitrogens with one attached hydrogen (secondary N) is 1. The second-order valence-corrected chi connectivity index (χ2v) is 7.39. The molecule has 0 bridgehead atoms. The molecule has 0 saturated heterocycles. The molecule has 0 spiro atoms. The number of phenolic OH excluding ortho intramolecular Hbond substituents is 1. The molecule has 0 atom stereocenters. The van der Waals surface area contributed by atoms with Crippen molar-refractivity contribution in [2.45, 2.75) is 0 Å². The number of aromatic hydroxyl groups is 1. The largest absolute Gasteiger partial charge is 0.506 e.